The van der Waals surface area contributed by atoms with Crippen LogP contribution in [0.1, 0.15) is 12.0 Å². The number of carbonyl (C=O) groups excluding carboxylic acids is 1. The molecule has 0 aliphatic carbocycles. The van der Waals surface area contributed by atoms with E-state index in [2.05, 4.69) is 16.0 Å². The number of hydrogen-bond acceptors (Lipinski definition) is 5. The van der Waals surface area contributed by atoms with Gasteiger partial charge in [0.25, 0.3) is 0 Å². The second-order valence-electron chi connectivity index (χ2n) is 5.04. The molecular formula is C16H22N2O5S. The molecule has 8 heteroatoms. The number of sulfonamides is 1. The summed E-state index contributed by atoms with van der Waals surface area (Å²) < 4.78 is 37.0. The summed E-state index contributed by atoms with van der Waals surface area (Å²) in [6, 6.07) is 5.19. The lowest BCUT2D eigenvalue weighted by Crippen LogP contribution is -2.48. The van der Waals surface area contributed by atoms with Gasteiger partial charge in [-0.1, -0.05) is 17.7 Å². The van der Waals surface area contributed by atoms with Crippen molar-refractivity contribution < 1.29 is 22.7 Å². The Morgan fingerprint density at radius 2 is 1.83 bits per heavy atom. The van der Waals surface area contributed by atoms with Gasteiger partial charge in [-0.2, -0.15) is 4.72 Å². The van der Waals surface area contributed by atoms with Crippen molar-refractivity contribution in [1.29, 1.82) is 0 Å². The van der Waals surface area contributed by atoms with Crippen LogP contribution in [0.4, 0.5) is 0 Å². The van der Waals surface area contributed by atoms with Gasteiger partial charge in [0.05, 0.1) is 11.4 Å². The molecule has 1 aromatic carbocycles. The number of rotatable bonds is 9. The molecule has 0 fully saturated rings. The third kappa shape index (κ3) is 5.94. The van der Waals surface area contributed by atoms with E-state index in [4.69, 9.17) is 15.9 Å². The maximum atomic E-state index is 12.4. The summed E-state index contributed by atoms with van der Waals surface area (Å²) in [5.74, 6) is 1.74. The van der Waals surface area contributed by atoms with Crippen molar-refractivity contribution in [1.82, 2.24) is 10.0 Å². The topological polar surface area (TPSA) is 93.7 Å². The van der Waals surface area contributed by atoms with E-state index in [1.54, 1.807) is 12.1 Å². The molecule has 1 atom stereocenters. The Morgan fingerprint density at radius 1 is 1.25 bits per heavy atom. The van der Waals surface area contributed by atoms with Gasteiger partial charge in [-0.3, -0.25) is 4.79 Å². The summed E-state index contributed by atoms with van der Waals surface area (Å²) in [7, 11) is -1.00. The summed E-state index contributed by atoms with van der Waals surface area (Å²) >= 11 is 0. The monoisotopic (exact) mass is 354 g/mol. The van der Waals surface area contributed by atoms with Crippen LogP contribution in [0.2, 0.25) is 0 Å². The van der Waals surface area contributed by atoms with Gasteiger partial charge in [0.15, 0.2) is 6.29 Å². The van der Waals surface area contributed by atoms with E-state index in [9.17, 15) is 13.2 Å². The van der Waals surface area contributed by atoms with Crippen molar-refractivity contribution >= 4 is 15.9 Å². The first-order valence-corrected chi connectivity index (χ1v) is 8.68. The van der Waals surface area contributed by atoms with E-state index in [-0.39, 0.29) is 17.9 Å². The predicted octanol–water partition coefficient (Wildman–Crippen LogP) is 0.400. The smallest absolute Gasteiger partial charge is 0.241 e. The summed E-state index contributed by atoms with van der Waals surface area (Å²) in [5.41, 5.74) is 0.928. The first-order chi connectivity index (χ1) is 11.3. The Morgan fingerprint density at radius 3 is 2.33 bits per heavy atom. The van der Waals surface area contributed by atoms with Crippen LogP contribution in [0.25, 0.3) is 0 Å². The van der Waals surface area contributed by atoms with Crippen molar-refractivity contribution in [3.63, 3.8) is 0 Å². The largest absolute Gasteiger partial charge is 0.354 e. The Balaban J connectivity index is 2.82. The number of aryl methyl sites for hydroxylation is 1. The minimum Gasteiger partial charge on any atom is -0.354 e. The van der Waals surface area contributed by atoms with Gasteiger partial charge < -0.3 is 14.8 Å². The molecule has 2 N–H and O–H groups in total. The van der Waals surface area contributed by atoms with Crippen molar-refractivity contribution in [2.45, 2.75) is 30.6 Å². The number of terminal acetylenes is 1. The third-order valence-corrected chi connectivity index (χ3v) is 4.72. The number of amides is 1. The molecule has 1 aromatic rings. The molecule has 0 unspecified atom stereocenters. The SMILES string of the molecule is C#CC[C@@H](NS(=O)(=O)c1ccc(C)cc1)C(=O)NCC(OC)OC. The molecule has 132 valence electrons. The van der Waals surface area contributed by atoms with E-state index >= 15 is 0 Å². The first-order valence-electron chi connectivity index (χ1n) is 7.19. The van der Waals surface area contributed by atoms with E-state index in [0.717, 1.165) is 5.56 Å². The van der Waals surface area contributed by atoms with Gasteiger partial charge in [0.2, 0.25) is 15.9 Å². The molecule has 0 aliphatic rings. The van der Waals surface area contributed by atoms with E-state index in [1.807, 2.05) is 6.92 Å². The molecule has 24 heavy (non-hydrogen) atoms. The zero-order valence-electron chi connectivity index (χ0n) is 13.9. The zero-order valence-corrected chi connectivity index (χ0v) is 14.7. The standard InChI is InChI=1S/C16H22N2O5S/c1-5-6-14(16(19)17-11-15(22-3)23-4)18-24(20,21)13-9-7-12(2)8-10-13/h1,7-10,14-15,18H,6,11H2,2-4H3,(H,17,19)/t14-/m1/s1. The molecule has 1 amide bonds. The van der Waals surface area contributed by atoms with Gasteiger partial charge in [-0.05, 0) is 19.1 Å². The van der Waals surface area contributed by atoms with Gasteiger partial charge >= 0.3 is 0 Å². The maximum Gasteiger partial charge on any atom is 0.241 e. The normalized spacial score (nSPS) is 12.6. The van der Waals surface area contributed by atoms with Crippen LogP contribution in [-0.2, 0) is 24.3 Å². The molecule has 1 rings (SSSR count). The minimum atomic E-state index is -3.86. The van der Waals surface area contributed by atoms with Crippen LogP contribution in [0, 0.1) is 19.3 Å². The third-order valence-electron chi connectivity index (χ3n) is 3.24. The fourth-order valence-corrected chi connectivity index (χ4v) is 3.04. The van der Waals surface area contributed by atoms with Crippen LogP contribution in [0.15, 0.2) is 29.2 Å². The number of ether oxygens (including phenoxy) is 2. The number of carbonyl (C=O) groups is 1. The van der Waals surface area contributed by atoms with E-state index in [1.165, 1.54) is 26.4 Å². The molecular weight excluding hydrogens is 332 g/mol. The molecule has 0 saturated carbocycles. The van der Waals surface area contributed by atoms with Gasteiger partial charge in [-0.25, -0.2) is 8.42 Å². The number of hydrogen-bond donors (Lipinski definition) is 2. The van der Waals surface area contributed by atoms with Gasteiger partial charge in [0.1, 0.15) is 6.04 Å². The second-order valence-corrected chi connectivity index (χ2v) is 6.76. The van der Waals surface area contributed by atoms with Crippen molar-refractivity contribution in [2.75, 3.05) is 20.8 Å². The van der Waals surface area contributed by atoms with Crippen LogP contribution in [-0.4, -0.2) is 47.4 Å². The lowest BCUT2D eigenvalue weighted by molar-refractivity contribution is -0.128. The fourth-order valence-electron chi connectivity index (χ4n) is 1.85. The number of methoxy groups -OCH3 is 2. The quantitative estimate of drug-likeness (QED) is 0.495. The molecule has 0 aliphatic heterocycles. The molecule has 0 saturated heterocycles. The average Bonchev–Trinajstić information content (AvgIpc) is 2.55. The molecule has 0 aromatic heterocycles. The Bertz CT molecular complexity index is 675. The highest BCUT2D eigenvalue weighted by Crippen LogP contribution is 2.11. The van der Waals surface area contributed by atoms with Crippen LogP contribution in [0.5, 0.6) is 0 Å². The number of benzene rings is 1. The highest BCUT2D eigenvalue weighted by atomic mass is 32.2. The molecule has 7 nitrogen and oxygen atoms in total. The molecule has 0 bridgehead atoms. The molecule has 0 heterocycles. The highest BCUT2D eigenvalue weighted by Gasteiger charge is 2.25. The van der Waals surface area contributed by atoms with E-state index < -0.39 is 28.3 Å². The number of nitrogens with one attached hydrogen (secondary N) is 2. The Hall–Kier alpha value is -1.92. The maximum absolute atomic E-state index is 12.4. The summed E-state index contributed by atoms with van der Waals surface area (Å²) in [4.78, 5) is 12.3. The first kappa shape index (κ1) is 20.1. The minimum absolute atomic E-state index is 0.0644. The van der Waals surface area contributed by atoms with Crippen molar-refractivity contribution in [3.8, 4) is 12.3 Å². The van der Waals surface area contributed by atoms with Gasteiger partial charge in [0, 0.05) is 20.6 Å². The van der Waals surface area contributed by atoms with Crippen LogP contribution in [0.3, 0.4) is 0 Å². The van der Waals surface area contributed by atoms with Crippen molar-refractivity contribution in [3.05, 3.63) is 29.8 Å². The fraction of sp³-hybridized carbons (Fsp3) is 0.438. The molecule has 0 spiro atoms. The van der Waals surface area contributed by atoms with Crippen LogP contribution < -0.4 is 10.0 Å². The predicted molar refractivity (Wildman–Crippen MR) is 89.6 cm³/mol. The summed E-state index contributed by atoms with van der Waals surface area (Å²) in [6.07, 6.45) is 4.53. The lowest BCUT2D eigenvalue weighted by atomic mass is 10.2. The average molecular weight is 354 g/mol. The van der Waals surface area contributed by atoms with Gasteiger partial charge in [-0.15, -0.1) is 12.3 Å². The highest BCUT2D eigenvalue weighted by molar-refractivity contribution is 7.89. The Kier molecular flexibility index (Phi) is 7.88. The zero-order chi connectivity index (χ0) is 18.2. The van der Waals surface area contributed by atoms with E-state index in [0.29, 0.717) is 0 Å². The lowest BCUT2D eigenvalue weighted by Gasteiger charge is -2.19. The van der Waals surface area contributed by atoms with Crippen LogP contribution >= 0.6 is 0 Å². The molecule has 0 radical (unpaired) electrons. The second kappa shape index (κ2) is 9.39. The summed E-state index contributed by atoms with van der Waals surface area (Å²) in [6.45, 7) is 1.92. The van der Waals surface area contributed by atoms with Crippen molar-refractivity contribution in [2.24, 2.45) is 0 Å². The Labute approximate surface area is 142 Å². The summed E-state index contributed by atoms with van der Waals surface area (Å²) in [5, 5.41) is 2.54.